The van der Waals surface area contributed by atoms with Crippen LogP contribution in [-0.4, -0.2) is 30.0 Å². The Bertz CT molecular complexity index is 1660. The summed E-state index contributed by atoms with van der Waals surface area (Å²) in [6.07, 6.45) is 2.84. The summed E-state index contributed by atoms with van der Waals surface area (Å²) in [6.45, 7) is 6.03. The summed E-state index contributed by atoms with van der Waals surface area (Å²) >= 11 is 0. The summed E-state index contributed by atoms with van der Waals surface area (Å²) in [7, 11) is -3.25. The van der Waals surface area contributed by atoms with Gasteiger partial charge >= 0.3 is 0 Å². The smallest absolute Gasteiger partial charge is 0.272 e. The van der Waals surface area contributed by atoms with Crippen molar-refractivity contribution in [2.45, 2.75) is 33.1 Å². The van der Waals surface area contributed by atoms with E-state index >= 15 is 0 Å². The molecule has 1 aliphatic heterocycles. The van der Waals surface area contributed by atoms with Crippen molar-refractivity contribution >= 4 is 26.9 Å². The number of amides is 1. The van der Waals surface area contributed by atoms with Gasteiger partial charge in [0.2, 0.25) is 0 Å². The summed E-state index contributed by atoms with van der Waals surface area (Å²) in [4.78, 5) is 31.1. The summed E-state index contributed by atoms with van der Waals surface area (Å²) < 4.78 is 25.9. The topological polar surface area (TPSA) is 91.7 Å². The molecule has 1 aliphatic rings. The van der Waals surface area contributed by atoms with Crippen LogP contribution < -0.4 is 10.5 Å². The number of aryl methyl sites for hydroxylation is 2. The van der Waals surface area contributed by atoms with Crippen LogP contribution >= 0.6 is 0 Å². The number of aromatic amines is 1. The fourth-order valence-electron chi connectivity index (χ4n) is 4.78. The monoisotopic (exact) mass is 475 g/mol. The molecule has 7 nitrogen and oxygen atoms in total. The fraction of sp³-hybridized carbons (Fsp3) is 0.231. The predicted molar refractivity (Wildman–Crippen MR) is 133 cm³/mol. The molecule has 34 heavy (non-hydrogen) atoms. The van der Waals surface area contributed by atoms with E-state index in [9.17, 15) is 18.0 Å². The van der Waals surface area contributed by atoms with Gasteiger partial charge in [0.1, 0.15) is 5.52 Å². The average Bonchev–Trinajstić information content (AvgIpc) is 3.06. The van der Waals surface area contributed by atoms with Gasteiger partial charge in [-0.3, -0.25) is 9.59 Å². The number of hydrogen-bond acceptors (Lipinski definition) is 4. The van der Waals surface area contributed by atoms with E-state index in [-0.39, 0.29) is 23.8 Å². The van der Waals surface area contributed by atoms with Crippen LogP contribution in [-0.2, 0) is 22.1 Å². The lowest BCUT2D eigenvalue weighted by Crippen LogP contribution is -2.32. The molecule has 0 radical (unpaired) electrons. The lowest BCUT2D eigenvalue weighted by Gasteiger charge is -2.25. The minimum absolute atomic E-state index is 0.110. The first-order valence-corrected chi connectivity index (χ1v) is 13.0. The molecule has 1 amide bonds. The molecular formula is C26H25N3O4S. The molecule has 0 spiro atoms. The zero-order chi connectivity index (χ0) is 24.4. The van der Waals surface area contributed by atoms with E-state index in [1.54, 1.807) is 23.2 Å². The molecule has 5 rings (SSSR count). The third kappa shape index (κ3) is 3.54. The maximum atomic E-state index is 13.9. The zero-order valence-corrected chi connectivity index (χ0v) is 20.3. The molecule has 0 unspecified atom stereocenters. The van der Waals surface area contributed by atoms with Crippen LogP contribution in [0.25, 0.3) is 16.8 Å². The number of aromatic nitrogens is 2. The molecule has 2 aromatic carbocycles. The molecule has 0 fully saturated rings. The molecule has 0 saturated carbocycles. The molecule has 174 valence electrons. The molecule has 3 heterocycles. The number of carbonyl (C=O) groups is 1. The van der Waals surface area contributed by atoms with Gasteiger partial charge in [-0.2, -0.15) is 0 Å². The van der Waals surface area contributed by atoms with Crippen molar-refractivity contribution in [1.82, 2.24) is 9.38 Å². The molecule has 1 N–H and O–H groups in total. The lowest BCUT2D eigenvalue weighted by atomic mass is 10.0. The number of hydrogen-bond donors (Lipinski definition) is 1. The van der Waals surface area contributed by atoms with Gasteiger partial charge in [0.05, 0.1) is 29.4 Å². The number of nitrogens with one attached hydrogen (secondary N) is 1. The first-order valence-electron chi connectivity index (χ1n) is 11.0. The van der Waals surface area contributed by atoms with E-state index in [1.165, 1.54) is 6.26 Å². The third-order valence-electron chi connectivity index (χ3n) is 6.52. The van der Waals surface area contributed by atoms with Crippen LogP contribution in [0.15, 0.2) is 53.5 Å². The zero-order valence-electron chi connectivity index (χ0n) is 19.5. The maximum absolute atomic E-state index is 13.9. The minimum atomic E-state index is -3.25. The van der Waals surface area contributed by atoms with Crippen LogP contribution in [0.2, 0.25) is 0 Å². The summed E-state index contributed by atoms with van der Waals surface area (Å²) in [5.41, 5.74) is 7.20. The molecule has 0 aliphatic carbocycles. The van der Waals surface area contributed by atoms with Gasteiger partial charge in [0.15, 0.2) is 9.84 Å². The number of sulfone groups is 1. The predicted octanol–water partition coefficient (Wildman–Crippen LogP) is 3.92. The standard InChI is InChI=1S/C26H25N3O4S/c1-15-6-5-7-20(17(15)3)26(31)28-13-19-12-27-25(30)24-16(2)10-23(29(19)24)21-11-18(8-9-22(21)28)14-34(4,32)33/h5-12H,13-14H2,1-4H3,(H,27,30). The highest BCUT2D eigenvalue weighted by molar-refractivity contribution is 7.89. The highest BCUT2D eigenvalue weighted by atomic mass is 32.2. The maximum Gasteiger partial charge on any atom is 0.272 e. The Morgan fingerprint density at radius 2 is 1.82 bits per heavy atom. The normalized spacial score (nSPS) is 13.1. The second-order valence-corrected chi connectivity index (χ2v) is 11.2. The second kappa shape index (κ2) is 7.70. The van der Waals surface area contributed by atoms with Crippen molar-refractivity contribution in [2.24, 2.45) is 0 Å². The molecule has 4 aromatic rings. The van der Waals surface area contributed by atoms with E-state index in [0.29, 0.717) is 27.9 Å². The van der Waals surface area contributed by atoms with Crippen LogP contribution in [0.1, 0.15) is 38.3 Å². The van der Waals surface area contributed by atoms with E-state index in [4.69, 9.17) is 0 Å². The van der Waals surface area contributed by atoms with E-state index in [0.717, 1.165) is 28.1 Å². The first kappa shape index (κ1) is 22.2. The van der Waals surface area contributed by atoms with Crippen molar-refractivity contribution in [3.05, 3.63) is 92.5 Å². The summed E-state index contributed by atoms with van der Waals surface area (Å²) in [6, 6.07) is 13.0. The second-order valence-electron chi connectivity index (χ2n) is 9.07. The van der Waals surface area contributed by atoms with Gasteiger partial charge in [-0.05, 0) is 67.3 Å². The van der Waals surface area contributed by atoms with E-state index in [2.05, 4.69) is 4.98 Å². The molecule has 8 heteroatoms. The number of benzene rings is 2. The largest absolute Gasteiger partial charge is 0.325 e. The van der Waals surface area contributed by atoms with Gasteiger partial charge in [-0.25, -0.2) is 8.42 Å². The Morgan fingerprint density at radius 1 is 1.06 bits per heavy atom. The Kier molecular flexibility index (Phi) is 5.02. The molecular weight excluding hydrogens is 450 g/mol. The van der Waals surface area contributed by atoms with Crippen LogP contribution in [0.3, 0.4) is 0 Å². The van der Waals surface area contributed by atoms with Crippen LogP contribution in [0.5, 0.6) is 0 Å². The molecule has 0 saturated heterocycles. The number of nitrogens with zero attached hydrogens (tertiary/aromatic N) is 2. The summed E-state index contributed by atoms with van der Waals surface area (Å²) in [5.74, 6) is -0.263. The highest BCUT2D eigenvalue weighted by Gasteiger charge is 2.29. The van der Waals surface area contributed by atoms with E-state index in [1.807, 2.05) is 55.5 Å². The Balaban J connectivity index is 1.79. The van der Waals surface area contributed by atoms with Gasteiger partial charge in [0, 0.05) is 23.6 Å². The van der Waals surface area contributed by atoms with E-state index < -0.39 is 9.84 Å². The number of rotatable bonds is 3. The fourth-order valence-corrected chi connectivity index (χ4v) is 5.57. The SMILES string of the molecule is Cc1cccc(C(=O)N2Cc3c[nH]c(=O)c4c(C)cc(n34)-c3cc(CS(C)(=O)=O)ccc32)c1C. The van der Waals surface area contributed by atoms with Crippen molar-refractivity contribution in [3.63, 3.8) is 0 Å². The Morgan fingerprint density at radius 3 is 2.56 bits per heavy atom. The quantitative estimate of drug-likeness (QED) is 0.486. The van der Waals surface area contributed by atoms with Crippen LogP contribution in [0.4, 0.5) is 5.69 Å². The number of carbonyl (C=O) groups excluding carboxylic acids is 1. The minimum Gasteiger partial charge on any atom is -0.325 e. The van der Waals surface area contributed by atoms with Gasteiger partial charge in [0.25, 0.3) is 11.5 Å². The Labute approximate surface area is 197 Å². The van der Waals surface area contributed by atoms with Crippen LogP contribution in [0, 0.1) is 20.8 Å². The molecule has 0 bridgehead atoms. The molecule has 2 aromatic heterocycles. The van der Waals surface area contributed by atoms with Crippen molar-refractivity contribution in [3.8, 4) is 11.3 Å². The Hall–Kier alpha value is -3.65. The van der Waals surface area contributed by atoms with Crippen molar-refractivity contribution in [1.29, 1.82) is 0 Å². The summed E-state index contributed by atoms with van der Waals surface area (Å²) in [5, 5.41) is 0. The first-order chi connectivity index (χ1) is 16.0. The average molecular weight is 476 g/mol. The number of H-pyrrole nitrogens is 1. The number of fused-ring (bicyclic) bond motifs is 2. The lowest BCUT2D eigenvalue weighted by molar-refractivity contribution is 0.0984. The van der Waals surface area contributed by atoms with Gasteiger partial charge in [-0.1, -0.05) is 18.2 Å². The van der Waals surface area contributed by atoms with Gasteiger partial charge < -0.3 is 14.3 Å². The van der Waals surface area contributed by atoms with Crippen molar-refractivity contribution in [2.75, 3.05) is 11.2 Å². The van der Waals surface area contributed by atoms with Gasteiger partial charge in [-0.15, -0.1) is 0 Å². The highest BCUT2D eigenvalue weighted by Crippen LogP contribution is 2.39. The van der Waals surface area contributed by atoms with Crippen molar-refractivity contribution < 1.29 is 13.2 Å². The number of anilines is 1. The molecule has 0 atom stereocenters. The third-order valence-corrected chi connectivity index (χ3v) is 7.38.